The quantitative estimate of drug-likeness (QED) is 0.877. The zero-order valence-corrected chi connectivity index (χ0v) is 14.7. The summed E-state index contributed by atoms with van der Waals surface area (Å²) < 4.78 is 1.81. The zero-order chi connectivity index (χ0) is 16.6. The molecule has 3 rings (SSSR count). The molecule has 1 aliphatic carbocycles. The van der Waals surface area contributed by atoms with Gasteiger partial charge in [-0.15, -0.1) is 0 Å². The third-order valence-electron chi connectivity index (χ3n) is 4.01. The molecule has 4 nitrogen and oxygen atoms in total. The minimum absolute atomic E-state index is 0.0208. The summed E-state index contributed by atoms with van der Waals surface area (Å²) in [6.07, 6.45) is 3.54. The van der Waals surface area contributed by atoms with Crippen LogP contribution in [0, 0.1) is 0 Å². The third-order valence-corrected chi connectivity index (χ3v) is 4.75. The van der Waals surface area contributed by atoms with Crippen LogP contribution in [0.15, 0.2) is 18.2 Å². The van der Waals surface area contributed by atoms with E-state index >= 15 is 0 Å². The highest BCUT2D eigenvalue weighted by Crippen LogP contribution is 2.27. The van der Waals surface area contributed by atoms with Gasteiger partial charge in [-0.2, -0.15) is 5.10 Å². The molecule has 0 bridgehead atoms. The zero-order valence-electron chi connectivity index (χ0n) is 13.2. The lowest BCUT2D eigenvalue weighted by Gasteiger charge is -2.09. The minimum Gasteiger partial charge on any atom is -0.349 e. The Morgan fingerprint density at radius 1 is 1.26 bits per heavy atom. The van der Waals surface area contributed by atoms with Gasteiger partial charge in [0.2, 0.25) is 0 Å². The van der Waals surface area contributed by atoms with Crippen LogP contribution in [0.3, 0.4) is 0 Å². The Labute approximate surface area is 145 Å². The average Bonchev–Trinajstić information content (AvgIpc) is 3.26. The molecule has 2 aromatic rings. The van der Waals surface area contributed by atoms with Gasteiger partial charge in [-0.3, -0.25) is 4.79 Å². The molecule has 0 atom stereocenters. The van der Waals surface area contributed by atoms with Gasteiger partial charge in [0.05, 0.1) is 32.7 Å². The van der Waals surface area contributed by atoms with Crippen LogP contribution in [0.25, 0.3) is 5.69 Å². The van der Waals surface area contributed by atoms with Crippen molar-refractivity contribution >= 4 is 29.1 Å². The Bertz CT molecular complexity index is 751. The van der Waals surface area contributed by atoms with Crippen molar-refractivity contribution < 1.29 is 4.79 Å². The number of nitrogens with one attached hydrogen (secondary N) is 1. The number of benzene rings is 1. The molecule has 0 unspecified atom stereocenters. The Balaban J connectivity index is 2.07. The molecule has 23 heavy (non-hydrogen) atoms. The Morgan fingerprint density at radius 2 is 2.00 bits per heavy atom. The molecular formula is C17H19Cl2N3O. The summed E-state index contributed by atoms with van der Waals surface area (Å²) in [7, 11) is 0. The Hall–Kier alpha value is -1.52. The molecule has 0 aliphatic heterocycles. The van der Waals surface area contributed by atoms with Crippen molar-refractivity contribution in [3.05, 3.63) is 45.2 Å². The van der Waals surface area contributed by atoms with Gasteiger partial charge < -0.3 is 5.32 Å². The number of hydrogen-bond donors (Lipinski definition) is 1. The standard InChI is InChI=1S/C17H19Cl2N3O/c1-3-14-16(17(23)20-10-5-6-10)15(4-2)22(21-14)11-7-8-12(18)13(19)9-11/h7-10H,3-6H2,1-2H3,(H,20,23). The molecule has 1 aromatic heterocycles. The number of aryl methyl sites for hydroxylation is 1. The largest absolute Gasteiger partial charge is 0.349 e. The van der Waals surface area contributed by atoms with Crippen molar-refractivity contribution in [2.75, 3.05) is 0 Å². The van der Waals surface area contributed by atoms with E-state index in [-0.39, 0.29) is 5.91 Å². The first-order valence-corrected chi connectivity index (χ1v) is 8.67. The summed E-state index contributed by atoms with van der Waals surface area (Å²) in [4.78, 5) is 12.6. The average molecular weight is 352 g/mol. The topological polar surface area (TPSA) is 46.9 Å². The SMILES string of the molecule is CCc1nn(-c2ccc(Cl)c(Cl)c2)c(CC)c1C(=O)NC1CC1. The molecule has 0 saturated heterocycles. The second-order valence-corrected chi connectivity index (χ2v) is 6.55. The van der Waals surface area contributed by atoms with E-state index in [4.69, 9.17) is 23.2 Å². The number of amides is 1. The van der Waals surface area contributed by atoms with Crippen molar-refractivity contribution in [1.82, 2.24) is 15.1 Å². The van der Waals surface area contributed by atoms with Crippen molar-refractivity contribution in [3.63, 3.8) is 0 Å². The number of hydrogen-bond acceptors (Lipinski definition) is 2. The number of carbonyl (C=O) groups excluding carboxylic acids is 1. The maximum atomic E-state index is 12.6. The number of halogens is 2. The number of nitrogens with zero attached hydrogens (tertiary/aromatic N) is 2. The molecule has 0 radical (unpaired) electrons. The highest BCUT2D eigenvalue weighted by atomic mass is 35.5. The lowest BCUT2D eigenvalue weighted by Crippen LogP contribution is -2.27. The van der Waals surface area contributed by atoms with Crippen molar-refractivity contribution in [2.45, 2.75) is 45.6 Å². The van der Waals surface area contributed by atoms with Gasteiger partial charge in [0.25, 0.3) is 5.91 Å². The smallest absolute Gasteiger partial charge is 0.255 e. The first kappa shape index (κ1) is 16.3. The van der Waals surface area contributed by atoms with Crippen LogP contribution in [0.2, 0.25) is 10.0 Å². The predicted molar refractivity (Wildman–Crippen MR) is 92.8 cm³/mol. The van der Waals surface area contributed by atoms with Crippen LogP contribution in [0.5, 0.6) is 0 Å². The molecule has 1 fully saturated rings. The Kier molecular flexibility index (Phi) is 4.64. The fourth-order valence-electron chi connectivity index (χ4n) is 2.66. The highest BCUT2D eigenvalue weighted by molar-refractivity contribution is 6.42. The molecule has 0 spiro atoms. The van der Waals surface area contributed by atoms with Gasteiger partial charge in [0, 0.05) is 6.04 Å². The molecule has 6 heteroatoms. The maximum absolute atomic E-state index is 12.6. The monoisotopic (exact) mass is 351 g/mol. The second-order valence-electron chi connectivity index (χ2n) is 5.73. The van der Waals surface area contributed by atoms with Crippen LogP contribution >= 0.6 is 23.2 Å². The van der Waals surface area contributed by atoms with Crippen LogP contribution in [0.4, 0.5) is 0 Å². The van der Waals surface area contributed by atoms with E-state index in [1.165, 1.54) is 0 Å². The Morgan fingerprint density at radius 3 is 2.57 bits per heavy atom. The number of carbonyl (C=O) groups is 1. The first-order chi connectivity index (χ1) is 11.0. The van der Waals surface area contributed by atoms with Gasteiger partial charge in [-0.25, -0.2) is 4.68 Å². The van der Waals surface area contributed by atoms with E-state index in [2.05, 4.69) is 10.4 Å². The van der Waals surface area contributed by atoms with Gasteiger partial charge in [-0.1, -0.05) is 37.0 Å². The lowest BCUT2D eigenvalue weighted by atomic mass is 10.1. The molecule has 1 saturated carbocycles. The van der Waals surface area contributed by atoms with E-state index in [1.807, 2.05) is 24.6 Å². The lowest BCUT2D eigenvalue weighted by molar-refractivity contribution is 0.0949. The van der Waals surface area contributed by atoms with Crippen LogP contribution in [0.1, 0.15) is 48.4 Å². The number of aromatic nitrogens is 2. The normalized spacial score (nSPS) is 14.1. The van der Waals surface area contributed by atoms with Crippen molar-refractivity contribution in [3.8, 4) is 5.69 Å². The highest BCUT2D eigenvalue weighted by Gasteiger charge is 2.28. The maximum Gasteiger partial charge on any atom is 0.255 e. The summed E-state index contributed by atoms with van der Waals surface area (Å²) in [5.74, 6) is -0.0208. The molecule has 1 N–H and O–H groups in total. The summed E-state index contributed by atoms with van der Waals surface area (Å²) in [6, 6.07) is 5.71. The fraction of sp³-hybridized carbons (Fsp3) is 0.412. The predicted octanol–water partition coefficient (Wildman–Crippen LogP) is 4.20. The summed E-state index contributed by atoms with van der Waals surface area (Å²) in [5.41, 5.74) is 3.23. The van der Waals surface area contributed by atoms with Gasteiger partial charge in [-0.05, 0) is 43.9 Å². The first-order valence-electron chi connectivity index (χ1n) is 7.92. The van der Waals surface area contributed by atoms with Crippen molar-refractivity contribution in [1.29, 1.82) is 0 Å². The number of rotatable bonds is 5. The molecule has 1 aromatic carbocycles. The van der Waals surface area contributed by atoms with Gasteiger partial charge in [0.1, 0.15) is 0 Å². The van der Waals surface area contributed by atoms with Crippen molar-refractivity contribution in [2.24, 2.45) is 0 Å². The summed E-state index contributed by atoms with van der Waals surface area (Å²) in [5, 5.41) is 8.69. The van der Waals surface area contributed by atoms with E-state index in [9.17, 15) is 4.79 Å². The van der Waals surface area contributed by atoms with Gasteiger partial charge in [0.15, 0.2) is 0 Å². The van der Waals surface area contributed by atoms with E-state index in [0.717, 1.165) is 29.9 Å². The molecule has 1 amide bonds. The summed E-state index contributed by atoms with van der Waals surface area (Å²) >= 11 is 12.1. The van der Waals surface area contributed by atoms with E-state index in [1.54, 1.807) is 12.1 Å². The van der Waals surface area contributed by atoms with Crippen LogP contribution in [-0.4, -0.2) is 21.7 Å². The summed E-state index contributed by atoms with van der Waals surface area (Å²) in [6.45, 7) is 4.03. The molecule has 122 valence electrons. The fourth-order valence-corrected chi connectivity index (χ4v) is 2.95. The molecular weight excluding hydrogens is 333 g/mol. The van der Waals surface area contributed by atoms with Crippen LogP contribution in [-0.2, 0) is 12.8 Å². The van der Waals surface area contributed by atoms with E-state index < -0.39 is 0 Å². The van der Waals surface area contributed by atoms with E-state index in [0.29, 0.717) is 34.5 Å². The van der Waals surface area contributed by atoms with Gasteiger partial charge >= 0.3 is 0 Å². The minimum atomic E-state index is -0.0208. The second kappa shape index (κ2) is 6.54. The molecule has 1 heterocycles. The van der Waals surface area contributed by atoms with Crippen LogP contribution < -0.4 is 5.32 Å². The molecule has 1 aliphatic rings. The third kappa shape index (κ3) is 3.24.